The maximum atomic E-state index is 10.7. The van der Waals surface area contributed by atoms with Gasteiger partial charge >= 0.3 is 0 Å². The quantitative estimate of drug-likeness (QED) is 0.282. The van der Waals surface area contributed by atoms with Gasteiger partial charge in [0.25, 0.3) is 0 Å². The van der Waals surface area contributed by atoms with E-state index in [-0.39, 0.29) is 24.0 Å². The standard InChI is InChI=1S/C18H32N4O2.HI/c1-5-10-18(23,11-6-2)14-22-17(19-7-3)21-13-15-9-8-12-20-16(15)24-4;/h8-9,12,23H,5-7,10-11,13-14H2,1-4H3,(H2,19,21,22);1H. The van der Waals surface area contributed by atoms with Crippen molar-refractivity contribution < 1.29 is 9.84 Å². The smallest absolute Gasteiger partial charge is 0.218 e. The Labute approximate surface area is 168 Å². The second-order valence-electron chi connectivity index (χ2n) is 5.94. The van der Waals surface area contributed by atoms with E-state index in [0.717, 1.165) is 37.8 Å². The Balaban J connectivity index is 0.00000576. The van der Waals surface area contributed by atoms with Gasteiger partial charge in [-0.15, -0.1) is 24.0 Å². The third-order valence-electron chi connectivity index (χ3n) is 3.81. The zero-order valence-electron chi connectivity index (χ0n) is 15.8. The van der Waals surface area contributed by atoms with Crippen molar-refractivity contribution in [1.82, 2.24) is 15.6 Å². The fraction of sp³-hybridized carbons (Fsp3) is 0.667. The molecule has 144 valence electrons. The van der Waals surface area contributed by atoms with Gasteiger partial charge in [-0.3, -0.25) is 0 Å². The molecule has 6 nitrogen and oxygen atoms in total. The number of ether oxygens (including phenoxy) is 1. The topological polar surface area (TPSA) is 78.8 Å². The van der Waals surface area contributed by atoms with Crippen LogP contribution in [-0.2, 0) is 6.54 Å². The molecule has 0 saturated heterocycles. The van der Waals surface area contributed by atoms with E-state index in [4.69, 9.17) is 4.74 Å². The van der Waals surface area contributed by atoms with Gasteiger partial charge in [-0.25, -0.2) is 9.98 Å². The van der Waals surface area contributed by atoms with E-state index < -0.39 is 5.60 Å². The van der Waals surface area contributed by atoms with Gasteiger partial charge in [0.1, 0.15) is 0 Å². The molecule has 25 heavy (non-hydrogen) atoms. The van der Waals surface area contributed by atoms with Crippen LogP contribution < -0.4 is 15.4 Å². The summed E-state index contributed by atoms with van der Waals surface area (Å²) in [4.78, 5) is 8.76. The number of aliphatic imine (C=N–C) groups is 1. The number of hydrogen-bond acceptors (Lipinski definition) is 4. The lowest BCUT2D eigenvalue weighted by atomic mass is 9.93. The van der Waals surface area contributed by atoms with Gasteiger partial charge in [0.15, 0.2) is 5.96 Å². The predicted molar refractivity (Wildman–Crippen MR) is 114 cm³/mol. The van der Waals surface area contributed by atoms with Crippen LogP contribution in [-0.4, -0.2) is 41.9 Å². The molecule has 0 unspecified atom stereocenters. The number of aromatic nitrogens is 1. The molecular weight excluding hydrogens is 431 g/mol. The van der Waals surface area contributed by atoms with Crippen LogP contribution in [0.3, 0.4) is 0 Å². The van der Waals surface area contributed by atoms with Gasteiger partial charge < -0.3 is 20.5 Å². The van der Waals surface area contributed by atoms with E-state index in [2.05, 4.69) is 34.5 Å². The molecule has 1 rings (SSSR count). The number of rotatable bonds is 10. The van der Waals surface area contributed by atoms with Crippen molar-refractivity contribution in [3.8, 4) is 5.88 Å². The van der Waals surface area contributed by atoms with E-state index in [9.17, 15) is 5.11 Å². The average molecular weight is 464 g/mol. The summed E-state index contributed by atoms with van der Waals surface area (Å²) >= 11 is 0. The molecule has 0 spiro atoms. The lowest BCUT2D eigenvalue weighted by Crippen LogP contribution is -2.47. The van der Waals surface area contributed by atoms with Crippen molar-refractivity contribution >= 4 is 29.9 Å². The Bertz CT molecular complexity index is 506. The van der Waals surface area contributed by atoms with Gasteiger partial charge in [0, 0.05) is 24.8 Å². The monoisotopic (exact) mass is 464 g/mol. The molecular formula is C18H33IN4O2. The van der Waals surface area contributed by atoms with Crippen LogP contribution in [0.15, 0.2) is 23.3 Å². The zero-order chi connectivity index (χ0) is 17.8. The third-order valence-corrected chi connectivity index (χ3v) is 3.81. The molecule has 1 heterocycles. The van der Waals surface area contributed by atoms with E-state index in [1.54, 1.807) is 13.3 Å². The first-order chi connectivity index (χ1) is 11.6. The van der Waals surface area contributed by atoms with Crippen LogP contribution in [0, 0.1) is 0 Å². The molecule has 0 fully saturated rings. The number of halogens is 1. The van der Waals surface area contributed by atoms with Crippen LogP contribution in [0.4, 0.5) is 0 Å². The van der Waals surface area contributed by atoms with Gasteiger partial charge in [0.05, 0.1) is 19.3 Å². The molecule has 0 radical (unpaired) electrons. The van der Waals surface area contributed by atoms with Crippen molar-refractivity contribution in [3.63, 3.8) is 0 Å². The third kappa shape index (κ3) is 8.71. The van der Waals surface area contributed by atoms with Crippen LogP contribution in [0.5, 0.6) is 5.88 Å². The van der Waals surface area contributed by atoms with Crippen molar-refractivity contribution in [2.24, 2.45) is 4.99 Å². The minimum atomic E-state index is -0.689. The fourth-order valence-corrected chi connectivity index (χ4v) is 2.71. The summed E-state index contributed by atoms with van der Waals surface area (Å²) in [6.45, 7) is 7.92. The molecule has 1 aromatic heterocycles. The average Bonchev–Trinajstić information content (AvgIpc) is 2.58. The Kier molecular flexibility index (Phi) is 12.6. The number of methoxy groups -OCH3 is 1. The summed E-state index contributed by atoms with van der Waals surface area (Å²) < 4.78 is 5.25. The zero-order valence-corrected chi connectivity index (χ0v) is 18.2. The molecule has 0 atom stereocenters. The summed E-state index contributed by atoms with van der Waals surface area (Å²) in [5, 5.41) is 17.2. The molecule has 1 aromatic rings. The lowest BCUT2D eigenvalue weighted by molar-refractivity contribution is 0.0257. The highest BCUT2D eigenvalue weighted by atomic mass is 127. The number of nitrogens with zero attached hydrogens (tertiary/aromatic N) is 2. The summed E-state index contributed by atoms with van der Waals surface area (Å²) in [6.07, 6.45) is 5.18. The fourth-order valence-electron chi connectivity index (χ4n) is 2.71. The summed E-state index contributed by atoms with van der Waals surface area (Å²) in [6, 6.07) is 3.82. The van der Waals surface area contributed by atoms with E-state index in [0.29, 0.717) is 24.9 Å². The molecule has 0 aromatic carbocycles. The first-order valence-electron chi connectivity index (χ1n) is 8.81. The Hall–Kier alpha value is -1.09. The van der Waals surface area contributed by atoms with Gasteiger partial charge in [-0.1, -0.05) is 32.8 Å². The summed E-state index contributed by atoms with van der Waals surface area (Å²) in [5.41, 5.74) is 0.237. The first kappa shape index (κ1) is 23.9. The number of nitrogens with one attached hydrogen (secondary N) is 2. The van der Waals surface area contributed by atoms with E-state index in [1.165, 1.54) is 0 Å². The Morgan fingerprint density at radius 2 is 1.92 bits per heavy atom. The maximum Gasteiger partial charge on any atom is 0.218 e. The number of guanidine groups is 1. The Morgan fingerprint density at radius 3 is 2.48 bits per heavy atom. The second-order valence-corrected chi connectivity index (χ2v) is 5.94. The van der Waals surface area contributed by atoms with Crippen LogP contribution in [0.1, 0.15) is 52.0 Å². The maximum absolute atomic E-state index is 10.7. The minimum Gasteiger partial charge on any atom is -0.481 e. The highest BCUT2D eigenvalue weighted by Crippen LogP contribution is 2.18. The second kappa shape index (κ2) is 13.2. The van der Waals surface area contributed by atoms with Crippen molar-refractivity contribution in [3.05, 3.63) is 23.9 Å². The number of aliphatic hydroxyl groups is 1. The van der Waals surface area contributed by atoms with Crippen molar-refractivity contribution in [1.29, 1.82) is 0 Å². The van der Waals surface area contributed by atoms with Crippen molar-refractivity contribution in [2.45, 2.75) is 58.6 Å². The van der Waals surface area contributed by atoms with E-state index >= 15 is 0 Å². The molecule has 0 bridgehead atoms. The van der Waals surface area contributed by atoms with Gasteiger partial charge in [0.2, 0.25) is 5.88 Å². The summed E-state index contributed by atoms with van der Waals surface area (Å²) in [7, 11) is 1.61. The predicted octanol–water partition coefficient (Wildman–Crippen LogP) is 3.09. The van der Waals surface area contributed by atoms with E-state index in [1.807, 2.05) is 19.1 Å². The highest BCUT2D eigenvalue weighted by molar-refractivity contribution is 14.0. The highest BCUT2D eigenvalue weighted by Gasteiger charge is 2.24. The largest absolute Gasteiger partial charge is 0.481 e. The van der Waals surface area contributed by atoms with Crippen LogP contribution >= 0.6 is 24.0 Å². The van der Waals surface area contributed by atoms with Crippen molar-refractivity contribution in [2.75, 3.05) is 20.2 Å². The molecule has 0 aliphatic rings. The number of pyridine rings is 1. The first-order valence-corrected chi connectivity index (χ1v) is 8.81. The lowest BCUT2D eigenvalue weighted by Gasteiger charge is -2.28. The molecule has 0 aliphatic heterocycles. The molecule has 0 aliphatic carbocycles. The summed E-state index contributed by atoms with van der Waals surface area (Å²) in [5.74, 6) is 1.28. The SMILES string of the molecule is CCCC(O)(CCC)CNC(=NCc1cccnc1OC)NCC.I. The van der Waals surface area contributed by atoms with Gasteiger partial charge in [-0.05, 0) is 25.8 Å². The molecule has 3 N–H and O–H groups in total. The van der Waals surface area contributed by atoms with Crippen LogP contribution in [0.2, 0.25) is 0 Å². The van der Waals surface area contributed by atoms with Crippen LogP contribution in [0.25, 0.3) is 0 Å². The normalized spacial score (nSPS) is 11.6. The number of hydrogen-bond donors (Lipinski definition) is 3. The molecule has 0 saturated carbocycles. The van der Waals surface area contributed by atoms with Gasteiger partial charge in [-0.2, -0.15) is 0 Å². The molecule has 0 amide bonds. The Morgan fingerprint density at radius 1 is 1.24 bits per heavy atom. The molecule has 7 heteroatoms. The minimum absolute atomic E-state index is 0.